The molecule has 156 valence electrons. The Morgan fingerprint density at radius 1 is 0.839 bits per heavy atom. The molecule has 3 aliphatic heterocycles. The van der Waals surface area contributed by atoms with Crippen molar-refractivity contribution in [2.24, 2.45) is 0 Å². The van der Waals surface area contributed by atoms with E-state index in [-0.39, 0.29) is 18.1 Å². The molecule has 1 saturated heterocycles. The lowest BCUT2D eigenvalue weighted by Crippen LogP contribution is -2.49. The number of allylic oxidation sites excluding steroid dienone is 1. The van der Waals surface area contributed by atoms with E-state index in [9.17, 15) is 9.59 Å². The second-order valence-electron chi connectivity index (χ2n) is 7.77. The third kappa shape index (κ3) is 3.89. The van der Waals surface area contributed by atoms with Crippen molar-refractivity contribution in [1.29, 1.82) is 0 Å². The van der Waals surface area contributed by atoms with Gasteiger partial charge in [0.2, 0.25) is 0 Å². The van der Waals surface area contributed by atoms with E-state index >= 15 is 0 Å². The van der Waals surface area contributed by atoms with Gasteiger partial charge in [-0.25, -0.2) is 0 Å². The van der Waals surface area contributed by atoms with Crippen LogP contribution in [0.1, 0.15) is 21.7 Å². The van der Waals surface area contributed by atoms with E-state index in [1.165, 1.54) is 0 Å². The van der Waals surface area contributed by atoms with Crippen LogP contribution in [0.25, 0.3) is 17.4 Å². The van der Waals surface area contributed by atoms with Crippen molar-refractivity contribution < 1.29 is 14.0 Å². The number of benzene rings is 2. The van der Waals surface area contributed by atoms with Gasteiger partial charge < -0.3 is 14.2 Å². The van der Waals surface area contributed by atoms with Crippen LogP contribution in [0.2, 0.25) is 5.02 Å². The molecule has 0 N–H and O–H groups in total. The van der Waals surface area contributed by atoms with E-state index < -0.39 is 0 Å². The van der Waals surface area contributed by atoms with Gasteiger partial charge in [0.05, 0.1) is 12.0 Å². The molecule has 0 spiro atoms. The van der Waals surface area contributed by atoms with E-state index in [4.69, 9.17) is 16.0 Å². The number of hydrogen-bond donors (Lipinski definition) is 0. The summed E-state index contributed by atoms with van der Waals surface area (Å²) in [6, 6.07) is 17.0. The second kappa shape index (κ2) is 8.08. The molecule has 0 radical (unpaired) electrons. The SMILES string of the molecule is O=C1/C=C/c2ccccc2N2CCN(CC2)C(=O)c2cc(-c3ccc(Cl)cc3)oc2C1. The maximum atomic E-state index is 13.3. The number of fused-ring (bicyclic) bond motifs is 4. The molecule has 6 rings (SSSR count). The topological polar surface area (TPSA) is 53.8 Å². The summed E-state index contributed by atoms with van der Waals surface area (Å²) in [5.74, 6) is 0.753. The molecule has 6 heteroatoms. The number of hydrogen-bond acceptors (Lipinski definition) is 4. The Morgan fingerprint density at radius 3 is 2.32 bits per heavy atom. The van der Waals surface area contributed by atoms with E-state index in [2.05, 4.69) is 11.0 Å². The first-order valence-corrected chi connectivity index (χ1v) is 10.7. The van der Waals surface area contributed by atoms with Crippen molar-refractivity contribution in [2.75, 3.05) is 31.1 Å². The van der Waals surface area contributed by atoms with Crippen molar-refractivity contribution >= 4 is 35.1 Å². The van der Waals surface area contributed by atoms with Gasteiger partial charge in [0.1, 0.15) is 11.5 Å². The van der Waals surface area contributed by atoms with Gasteiger partial charge in [-0.05, 0) is 54.1 Å². The standard InChI is InChI=1S/C25H21ClN2O3/c26-19-8-5-18(6-9-19)23-16-21-24(31-23)15-20(29)10-7-17-3-1-2-4-22(17)27-11-13-28(14-12-27)25(21)30/h1-10,16H,11-15H2/b10-7+. The smallest absolute Gasteiger partial charge is 0.257 e. The lowest BCUT2D eigenvalue weighted by Gasteiger charge is -2.36. The average Bonchev–Trinajstić information content (AvgIpc) is 3.21. The van der Waals surface area contributed by atoms with Gasteiger partial charge in [-0.1, -0.05) is 29.8 Å². The molecule has 0 unspecified atom stereocenters. The Bertz CT molecular complexity index is 1170. The molecule has 3 aromatic rings. The van der Waals surface area contributed by atoms with Crippen LogP contribution in [0.3, 0.4) is 0 Å². The molecule has 3 aliphatic rings. The number of rotatable bonds is 1. The molecule has 0 atom stereocenters. The lowest BCUT2D eigenvalue weighted by atomic mass is 10.1. The summed E-state index contributed by atoms with van der Waals surface area (Å²) < 4.78 is 6.03. The van der Waals surface area contributed by atoms with E-state index in [1.54, 1.807) is 24.3 Å². The monoisotopic (exact) mass is 432 g/mol. The van der Waals surface area contributed by atoms with Crippen LogP contribution >= 0.6 is 11.6 Å². The van der Waals surface area contributed by atoms with Crippen LogP contribution in [0, 0.1) is 0 Å². The third-order valence-corrected chi connectivity index (χ3v) is 6.05. The van der Waals surface area contributed by atoms with Gasteiger partial charge in [-0.15, -0.1) is 0 Å². The number of carbonyl (C=O) groups is 2. The Morgan fingerprint density at radius 2 is 1.55 bits per heavy atom. The van der Waals surface area contributed by atoms with Gasteiger partial charge in [0, 0.05) is 42.5 Å². The van der Waals surface area contributed by atoms with Gasteiger partial charge in [0.25, 0.3) is 5.91 Å². The number of para-hydroxylation sites is 1. The number of piperazine rings is 1. The summed E-state index contributed by atoms with van der Waals surface area (Å²) in [5.41, 5.74) is 3.35. The van der Waals surface area contributed by atoms with Gasteiger partial charge in [-0.3, -0.25) is 9.59 Å². The summed E-state index contributed by atoms with van der Waals surface area (Å²) in [4.78, 5) is 30.2. The molecule has 1 fully saturated rings. The van der Waals surface area contributed by atoms with Crippen molar-refractivity contribution in [3.63, 3.8) is 0 Å². The van der Waals surface area contributed by atoms with Crippen LogP contribution in [0.4, 0.5) is 5.69 Å². The normalized spacial score (nSPS) is 17.5. The number of amides is 1. The molecule has 1 amide bonds. The number of ketones is 1. The first kappa shape index (κ1) is 19.6. The fourth-order valence-corrected chi connectivity index (χ4v) is 4.26. The van der Waals surface area contributed by atoms with E-state index in [0.717, 1.165) is 29.9 Å². The molecule has 4 heterocycles. The Kier molecular flexibility index (Phi) is 5.12. The molecular formula is C25H21ClN2O3. The number of carbonyl (C=O) groups excluding carboxylic acids is 2. The highest BCUT2D eigenvalue weighted by atomic mass is 35.5. The van der Waals surface area contributed by atoms with Crippen molar-refractivity contribution in [3.05, 3.63) is 82.6 Å². The first-order chi connectivity index (χ1) is 15.1. The number of anilines is 1. The number of nitrogens with zero attached hydrogens (tertiary/aromatic N) is 2. The molecule has 5 nitrogen and oxygen atoms in total. The zero-order valence-electron chi connectivity index (χ0n) is 16.9. The van der Waals surface area contributed by atoms with Crippen molar-refractivity contribution in [1.82, 2.24) is 4.90 Å². The molecule has 0 saturated carbocycles. The van der Waals surface area contributed by atoms with E-state index in [0.29, 0.717) is 35.2 Å². The molecule has 1 aromatic heterocycles. The van der Waals surface area contributed by atoms with Crippen LogP contribution in [-0.4, -0.2) is 42.8 Å². The summed E-state index contributed by atoms with van der Waals surface area (Å²) >= 11 is 6.00. The van der Waals surface area contributed by atoms with Crippen molar-refractivity contribution in [3.8, 4) is 11.3 Å². The number of furan rings is 1. The molecule has 2 bridgehead atoms. The van der Waals surface area contributed by atoms with Crippen LogP contribution in [0.15, 0.2) is 65.1 Å². The predicted molar refractivity (Wildman–Crippen MR) is 121 cm³/mol. The highest BCUT2D eigenvalue weighted by Gasteiger charge is 2.28. The second-order valence-corrected chi connectivity index (χ2v) is 8.21. The van der Waals surface area contributed by atoms with Crippen LogP contribution in [-0.2, 0) is 11.2 Å². The predicted octanol–water partition coefficient (Wildman–Crippen LogP) is 4.70. The zero-order chi connectivity index (χ0) is 21.4. The minimum atomic E-state index is -0.113. The zero-order valence-corrected chi connectivity index (χ0v) is 17.6. The average molecular weight is 433 g/mol. The summed E-state index contributed by atoms with van der Waals surface area (Å²) in [6.07, 6.45) is 3.46. The Hall–Kier alpha value is -3.31. The maximum absolute atomic E-state index is 13.3. The highest BCUT2D eigenvalue weighted by Crippen LogP contribution is 2.30. The summed E-state index contributed by atoms with van der Waals surface area (Å²) in [7, 11) is 0. The lowest BCUT2D eigenvalue weighted by molar-refractivity contribution is -0.114. The fraction of sp³-hybridized carbons (Fsp3) is 0.200. The molecule has 2 aromatic carbocycles. The van der Waals surface area contributed by atoms with Gasteiger partial charge in [0.15, 0.2) is 5.78 Å². The minimum Gasteiger partial charge on any atom is -0.460 e. The number of halogens is 1. The molecular weight excluding hydrogens is 412 g/mol. The molecule has 31 heavy (non-hydrogen) atoms. The Labute approximate surface area is 185 Å². The highest BCUT2D eigenvalue weighted by molar-refractivity contribution is 6.30. The first-order valence-electron chi connectivity index (χ1n) is 10.3. The van der Waals surface area contributed by atoms with Crippen LogP contribution in [0.5, 0.6) is 0 Å². The largest absolute Gasteiger partial charge is 0.460 e. The van der Waals surface area contributed by atoms with Gasteiger partial charge >= 0.3 is 0 Å². The quantitative estimate of drug-likeness (QED) is 0.559. The van der Waals surface area contributed by atoms with Crippen molar-refractivity contribution in [2.45, 2.75) is 6.42 Å². The van der Waals surface area contributed by atoms with Gasteiger partial charge in [-0.2, -0.15) is 0 Å². The minimum absolute atomic E-state index is 0.0326. The van der Waals surface area contributed by atoms with E-state index in [1.807, 2.05) is 41.3 Å². The summed E-state index contributed by atoms with van der Waals surface area (Å²) in [6.45, 7) is 2.71. The maximum Gasteiger partial charge on any atom is 0.257 e. The molecule has 0 aliphatic carbocycles. The third-order valence-electron chi connectivity index (χ3n) is 5.80. The Balaban J connectivity index is 1.56. The fourth-order valence-electron chi connectivity index (χ4n) is 4.13. The van der Waals surface area contributed by atoms with Crippen LogP contribution < -0.4 is 4.90 Å². The summed E-state index contributed by atoms with van der Waals surface area (Å²) in [5, 5.41) is 0.625.